The molecule has 0 atom stereocenters. The standard InChI is InChI=1S/C7H5F2IN2O/c8-7(9)3-1-12-4(2-13)6(11)5(3)10/h1-2,7H,11H2. The van der Waals surface area contributed by atoms with E-state index in [1.807, 2.05) is 0 Å². The van der Waals surface area contributed by atoms with Gasteiger partial charge in [0.1, 0.15) is 5.69 Å². The molecule has 0 aromatic carbocycles. The molecule has 0 fully saturated rings. The Kier molecular flexibility index (Phi) is 3.12. The highest BCUT2D eigenvalue weighted by atomic mass is 127. The van der Waals surface area contributed by atoms with Crippen molar-refractivity contribution in [1.29, 1.82) is 0 Å². The monoisotopic (exact) mass is 298 g/mol. The molecule has 0 aliphatic rings. The number of aromatic nitrogens is 1. The van der Waals surface area contributed by atoms with Crippen LogP contribution in [0.3, 0.4) is 0 Å². The van der Waals surface area contributed by atoms with Crippen molar-refractivity contribution in [3.05, 3.63) is 21.0 Å². The summed E-state index contributed by atoms with van der Waals surface area (Å²) in [4.78, 5) is 13.8. The summed E-state index contributed by atoms with van der Waals surface area (Å²) >= 11 is 1.67. The second kappa shape index (κ2) is 3.95. The van der Waals surface area contributed by atoms with Gasteiger partial charge in [0.25, 0.3) is 6.43 Å². The van der Waals surface area contributed by atoms with Crippen molar-refractivity contribution in [3.8, 4) is 0 Å². The van der Waals surface area contributed by atoms with Crippen molar-refractivity contribution < 1.29 is 13.6 Å². The van der Waals surface area contributed by atoms with Crippen LogP contribution in [0, 0.1) is 3.57 Å². The van der Waals surface area contributed by atoms with Gasteiger partial charge in [-0.3, -0.25) is 9.78 Å². The number of carbonyl (C=O) groups excluding carboxylic acids is 1. The fraction of sp³-hybridized carbons (Fsp3) is 0.143. The summed E-state index contributed by atoms with van der Waals surface area (Å²) in [5.41, 5.74) is 5.15. The van der Waals surface area contributed by atoms with Crippen LogP contribution in [0.25, 0.3) is 0 Å². The zero-order chi connectivity index (χ0) is 10.0. The topological polar surface area (TPSA) is 56.0 Å². The molecule has 0 bridgehead atoms. The lowest BCUT2D eigenvalue weighted by atomic mass is 10.2. The van der Waals surface area contributed by atoms with E-state index in [2.05, 4.69) is 4.98 Å². The number of hydrogen-bond acceptors (Lipinski definition) is 3. The van der Waals surface area contributed by atoms with E-state index in [0.29, 0.717) is 6.29 Å². The van der Waals surface area contributed by atoms with Crippen molar-refractivity contribution in [3.63, 3.8) is 0 Å². The first-order chi connectivity index (χ1) is 6.07. The number of rotatable bonds is 2. The third-order valence-corrected chi connectivity index (χ3v) is 2.66. The van der Waals surface area contributed by atoms with Crippen molar-refractivity contribution in [2.45, 2.75) is 6.43 Å². The number of aldehydes is 1. The lowest BCUT2D eigenvalue weighted by Gasteiger charge is -2.06. The van der Waals surface area contributed by atoms with Gasteiger partial charge in [-0.25, -0.2) is 8.78 Å². The van der Waals surface area contributed by atoms with E-state index in [1.165, 1.54) is 0 Å². The number of anilines is 1. The first-order valence-electron chi connectivity index (χ1n) is 3.25. The molecule has 6 heteroatoms. The summed E-state index contributed by atoms with van der Waals surface area (Å²) in [6, 6.07) is 0. The fourth-order valence-corrected chi connectivity index (χ4v) is 1.43. The minimum Gasteiger partial charge on any atom is -0.396 e. The van der Waals surface area contributed by atoms with Crippen LogP contribution in [-0.2, 0) is 0 Å². The molecule has 0 unspecified atom stereocenters. The Labute approximate surface area is 86.5 Å². The van der Waals surface area contributed by atoms with Crippen molar-refractivity contribution in [2.75, 3.05) is 5.73 Å². The number of carbonyl (C=O) groups is 1. The SMILES string of the molecule is Nc1c(C=O)ncc(C(F)F)c1I. The molecule has 0 aliphatic heterocycles. The molecular formula is C7H5F2IN2O. The minimum atomic E-state index is -2.62. The molecule has 70 valence electrons. The van der Waals surface area contributed by atoms with Gasteiger partial charge in [-0.1, -0.05) is 0 Å². The molecule has 1 rings (SSSR count). The van der Waals surface area contributed by atoms with E-state index >= 15 is 0 Å². The number of alkyl halides is 2. The molecule has 0 spiro atoms. The smallest absolute Gasteiger partial charge is 0.266 e. The lowest BCUT2D eigenvalue weighted by Crippen LogP contribution is -2.03. The molecule has 0 radical (unpaired) electrons. The van der Waals surface area contributed by atoms with Crippen LogP contribution in [-0.4, -0.2) is 11.3 Å². The van der Waals surface area contributed by atoms with Gasteiger partial charge in [0.15, 0.2) is 6.29 Å². The molecule has 2 N–H and O–H groups in total. The third-order valence-electron chi connectivity index (χ3n) is 1.46. The van der Waals surface area contributed by atoms with Gasteiger partial charge in [0.05, 0.1) is 11.3 Å². The first kappa shape index (κ1) is 10.3. The Morgan fingerprint density at radius 3 is 2.69 bits per heavy atom. The van der Waals surface area contributed by atoms with Crippen molar-refractivity contribution in [1.82, 2.24) is 4.98 Å². The number of nitrogens with zero attached hydrogens (tertiary/aromatic N) is 1. The number of nitrogen functional groups attached to an aromatic ring is 1. The molecular weight excluding hydrogens is 293 g/mol. The zero-order valence-electron chi connectivity index (χ0n) is 6.30. The highest BCUT2D eigenvalue weighted by Gasteiger charge is 2.16. The summed E-state index contributed by atoms with van der Waals surface area (Å²) < 4.78 is 24.7. The molecule has 1 aromatic rings. The first-order valence-corrected chi connectivity index (χ1v) is 4.33. The predicted molar refractivity (Wildman–Crippen MR) is 51.7 cm³/mol. The average Bonchev–Trinajstić information content (AvgIpc) is 2.09. The van der Waals surface area contributed by atoms with Gasteiger partial charge in [-0.15, -0.1) is 0 Å². The number of nitrogens with two attached hydrogens (primary N) is 1. The van der Waals surface area contributed by atoms with Crippen LogP contribution in [0.1, 0.15) is 22.5 Å². The molecule has 3 nitrogen and oxygen atoms in total. The summed E-state index contributed by atoms with van der Waals surface area (Å²) in [6.07, 6.45) is -1.22. The maximum absolute atomic E-state index is 12.3. The highest BCUT2D eigenvalue weighted by molar-refractivity contribution is 14.1. The van der Waals surface area contributed by atoms with E-state index < -0.39 is 6.43 Å². The fourth-order valence-electron chi connectivity index (χ4n) is 0.779. The second-order valence-corrected chi connectivity index (χ2v) is 3.32. The van der Waals surface area contributed by atoms with Gasteiger partial charge in [-0.05, 0) is 22.6 Å². The van der Waals surface area contributed by atoms with E-state index in [-0.39, 0.29) is 20.5 Å². The normalized spacial score (nSPS) is 10.5. The summed E-state index contributed by atoms with van der Waals surface area (Å²) in [5, 5.41) is 0. The molecule has 0 saturated heterocycles. The maximum Gasteiger partial charge on any atom is 0.266 e. The van der Waals surface area contributed by atoms with Gasteiger partial charge >= 0.3 is 0 Å². The number of hydrogen-bond donors (Lipinski definition) is 1. The molecule has 0 amide bonds. The van der Waals surface area contributed by atoms with Crippen LogP contribution in [0.4, 0.5) is 14.5 Å². The van der Waals surface area contributed by atoms with E-state index in [4.69, 9.17) is 5.73 Å². The Morgan fingerprint density at radius 2 is 2.23 bits per heavy atom. The van der Waals surface area contributed by atoms with Crippen LogP contribution in [0.5, 0.6) is 0 Å². The Balaban J connectivity index is 3.31. The summed E-state index contributed by atoms with van der Waals surface area (Å²) in [7, 11) is 0. The van der Waals surface area contributed by atoms with Crippen LogP contribution >= 0.6 is 22.6 Å². The number of halogens is 3. The van der Waals surface area contributed by atoms with Gasteiger partial charge in [-0.2, -0.15) is 0 Å². The van der Waals surface area contributed by atoms with Gasteiger partial charge in [0.2, 0.25) is 0 Å². The Morgan fingerprint density at radius 1 is 1.62 bits per heavy atom. The highest BCUT2D eigenvalue weighted by Crippen LogP contribution is 2.28. The van der Waals surface area contributed by atoms with E-state index in [1.54, 1.807) is 22.6 Å². The van der Waals surface area contributed by atoms with Crippen molar-refractivity contribution in [2.24, 2.45) is 0 Å². The van der Waals surface area contributed by atoms with Gasteiger partial charge < -0.3 is 5.73 Å². The summed E-state index contributed by atoms with van der Waals surface area (Å²) in [6.45, 7) is 0. The van der Waals surface area contributed by atoms with E-state index in [9.17, 15) is 13.6 Å². The minimum absolute atomic E-state index is 0.00574. The third kappa shape index (κ3) is 1.93. The van der Waals surface area contributed by atoms with Crippen LogP contribution in [0.15, 0.2) is 6.20 Å². The molecule has 13 heavy (non-hydrogen) atoms. The average molecular weight is 298 g/mol. The molecule has 1 aromatic heterocycles. The Hall–Kier alpha value is -0.790. The molecule has 1 heterocycles. The second-order valence-electron chi connectivity index (χ2n) is 2.24. The van der Waals surface area contributed by atoms with Gasteiger partial charge in [0, 0.05) is 9.77 Å². The largest absolute Gasteiger partial charge is 0.396 e. The number of pyridine rings is 1. The predicted octanol–water partition coefficient (Wildman–Crippen LogP) is 2.02. The van der Waals surface area contributed by atoms with Crippen molar-refractivity contribution >= 4 is 34.6 Å². The zero-order valence-corrected chi connectivity index (χ0v) is 8.46. The lowest BCUT2D eigenvalue weighted by molar-refractivity contribution is 0.111. The van der Waals surface area contributed by atoms with E-state index in [0.717, 1.165) is 6.20 Å². The molecule has 0 saturated carbocycles. The maximum atomic E-state index is 12.3. The summed E-state index contributed by atoms with van der Waals surface area (Å²) in [5.74, 6) is 0. The molecule has 0 aliphatic carbocycles. The van der Waals surface area contributed by atoms with Crippen LogP contribution in [0.2, 0.25) is 0 Å². The van der Waals surface area contributed by atoms with Crippen LogP contribution < -0.4 is 5.73 Å². The quantitative estimate of drug-likeness (QED) is 0.671. The Bertz CT molecular complexity index is 344.